The van der Waals surface area contributed by atoms with Crippen LogP contribution >= 0.6 is 15.9 Å². The molecule has 1 aromatic carbocycles. The van der Waals surface area contributed by atoms with Crippen LogP contribution in [-0.4, -0.2) is 20.3 Å². The molecule has 1 rings (SSSR count). The number of hydrogen-bond donors (Lipinski definition) is 1. The van der Waals surface area contributed by atoms with Gasteiger partial charge in [-0.25, -0.2) is 8.78 Å². The fraction of sp³-hybridized carbons (Fsp3) is 0.538. The number of benzene rings is 1. The number of likely N-dealkylation sites (N-methyl/N-ethyl adjacent to an activating group) is 1. The summed E-state index contributed by atoms with van der Waals surface area (Å²) in [4.78, 5) is 0. The van der Waals surface area contributed by atoms with Gasteiger partial charge in [-0.1, -0.05) is 13.8 Å². The van der Waals surface area contributed by atoms with Crippen LogP contribution in [0.15, 0.2) is 16.6 Å². The number of methoxy groups -OCH3 is 1. The highest BCUT2D eigenvalue weighted by molar-refractivity contribution is 9.10. The molecule has 0 aliphatic carbocycles. The molecular weight excluding hydrogens is 304 g/mol. The van der Waals surface area contributed by atoms with Crippen molar-refractivity contribution in [3.05, 3.63) is 33.8 Å². The molecule has 0 radical (unpaired) electrons. The Morgan fingerprint density at radius 2 is 1.89 bits per heavy atom. The highest BCUT2D eigenvalue weighted by atomic mass is 79.9. The average molecular weight is 322 g/mol. The molecule has 2 unspecified atom stereocenters. The van der Waals surface area contributed by atoms with Crippen molar-refractivity contribution in [3.8, 4) is 0 Å². The molecule has 0 aliphatic rings. The number of nitrogens with one attached hydrogen (secondary N) is 1. The maximum Gasteiger partial charge on any atom is 0.145 e. The van der Waals surface area contributed by atoms with Crippen molar-refractivity contribution in [3.63, 3.8) is 0 Å². The second kappa shape index (κ2) is 6.59. The van der Waals surface area contributed by atoms with Gasteiger partial charge in [0.15, 0.2) is 0 Å². The smallest absolute Gasteiger partial charge is 0.145 e. The van der Waals surface area contributed by atoms with Crippen LogP contribution in [0.4, 0.5) is 8.78 Å². The minimum atomic E-state index is -0.586. The van der Waals surface area contributed by atoms with Gasteiger partial charge in [0.05, 0.1) is 16.6 Å². The van der Waals surface area contributed by atoms with Gasteiger partial charge in [-0.3, -0.25) is 0 Å². The second-order valence-electron chi connectivity index (χ2n) is 4.47. The lowest BCUT2D eigenvalue weighted by molar-refractivity contribution is 0.0327. The average Bonchev–Trinajstić information content (AvgIpc) is 2.32. The molecule has 0 aliphatic heterocycles. The van der Waals surface area contributed by atoms with Crippen LogP contribution in [0.5, 0.6) is 0 Å². The zero-order valence-electron chi connectivity index (χ0n) is 10.9. The molecule has 0 saturated carbocycles. The van der Waals surface area contributed by atoms with Gasteiger partial charge in [-0.15, -0.1) is 0 Å². The van der Waals surface area contributed by atoms with Crippen molar-refractivity contribution in [2.24, 2.45) is 5.92 Å². The topological polar surface area (TPSA) is 21.3 Å². The molecular formula is C13H18BrF2NO. The minimum Gasteiger partial charge on any atom is -0.379 e. The van der Waals surface area contributed by atoms with Gasteiger partial charge in [0.2, 0.25) is 0 Å². The minimum absolute atomic E-state index is 0.00687. The van der Waals surface area contributed by atoms with Crippen molar-refractivity contribution in [2.75, 3.05) is 14.2 Å². The van der Waals surface area contributed by atoms with E-state index in [-0.39, 0.29) is 22.1 Å². The first-order valence-corrected chi connectivity index (χ1v) is 6.56. The van der Waals surface area contributed by atoms with E-state index in [0.29, 0.717) is 0 Å². The third-order valence-electron chi connectivity index (χ3n) is 2.96. The molecule has 0 heterocycles. The molecule has 102 valence electrons. The lowest BCUT2D eigenvalue weighted by Gasteiger charge is -2.29. The summed E-state index contributed by atoms with van der Waals surface area (Å²) < 4.78 is 33.6. The maximum absolute atomic E-state index is 14.1. The monoisotopic (exact) mass is 321 g/mol. The summed E-state index contributed by atoms with van der Waals surface area (Å²) in [7, 11) is 3.21. The predicted octanol–water partition coefficient (Wildman–Crippen LogP) is 3.66. The first-order valence-electron chi connectivity index (χ1n) is 5.77. The van der Waals surface area contributed by atoms with Crippen LogP contribution in [-0.2, 0) is 4.74 Å². The van der Waals surface area contributed by atoms with Crippen molar-refractivity contribution >= 4 is 15.9 Å². The largest absolute Gasteiger partial charge is 0.379 e. The van der Waals surface area contributed by atoms with Crippen LogP contribution in [0.2, 0.25) is 0 Å². The van der Waals surface area contributed by atoms with Crippen LogP contribution in [0, 0.1) is 17.6 Å². The Kier molecular flexibility index (Phi) is 5.69. The summed E-state index contributed by atoms with van der Waals surface area (Å²) in [5.41, 5.74) is 0.00687. The molecule has 0 fully saturated rings. The van der Waals surface area contributed by atoms with E-state index in [0.717, 1.165) is 0 Å². The van der Waals surface area contributed by atoms with E-state index in [2.05, 4.69) is 21.2 Å². The van der Waals surface area contributed by atoms with E-state index < -0.39 is 17.7 Å². The summed E-state index contributed by atoms with van der Waals surface area (Å²) in [6.07, 6.45) is -0.312. The molecule has 0 aromatic heterocycles. The fourth-order valence-corrected chi connectivity index (χ4v) is 2.44. The zero-order valence-corrected chi connectivity index (χ0v) is 12.5. The zero-order chi connectivity index (χ0) is 13.9. The Labute approximate surface area is 115 Å². The van der Waals surface area contributed by atoms with Gasteiger partial charge >= 0.3 is 0 Å². The lowest BCUT2D eigenvalue weighted by atomic mass is 9.93. The van der Waals surface area contributed by atoms with E-state index in [9.17, 15) is 8.78 Å². The Morgan fingerprint density at radius 1 is 1.28 bits per heavy atom. The van der Waals surface area contributed by atoms with E-state index in [1.165, 1.54) is 12.1 Å². The molecule has 0 saturated heterocycles. The van der Waals surface area contributed by atoms with E-state index >= 15 is 0 Å². The Bertz CT molecular complexity index is 412. The fourth-order valence-electron chi connectivity index (χ4n) is 2.09. The molecule has 2 nitrogen and oxygen atoms in total. The summed E-state index contributed by atoms with van der Waals surface area (Å²) >= 11 is 3.08. The third-order valence-corrected chi connectivity index (χ3v) is 3.57. The quantitative estimate of drug-likeness (QED) is 0.836. The van der Waals surface area contributed by atoms with Crippen molar-refractivity contribution in [1.82, 2.24) is 5.32 Å². The lowest BCUT2D eigenvalue weighted by Crippen LogP contribution is -2.36. The number of rotatable bonds is 5. The Morgan fingerprint density at radius 3 is 2.33 bits per heavy atom. The molecule has 0 amide bonds. The van der Waals surface area contributed by atoms with Crippen LogP contribution in [0.1, 0.15) is 25.5 Å². The molecule has 2 atom stereocenters. The van der Waals surface area contributed by atoms with Crippen molar-refractivity contribution in [1.29, 1.82) is 0 Å². The first kappa shape index (κ1) is 15.5. The molecule has 5 heteroatoms. The summed E-state index contributed by atoms with van der Waals surface area (Å²) in [6.45, 7) is 3.90. The predicted molar refractivity (Wildman–Crippen MR) is 71.5 cm³/mol. The van der Waals surface area contributed by atoms with Crippen LogP contribution in [0.25, 0.3) is 0 Å². The SMILES string of the molecule is CNC(c1c(F)ccc(Br)c1F)C(OC)C(C)C. The molecule has 0 spiro atoms. The number of ether oxygens (including phenoxy) is 1. The summed E-state index contributed by atoms with van der Waals surface area (Å²) in [6, 6.07) is 2.07. The highest BCUT2D eigenvalue weighted by Crippen LogP contribution is 2.31. The van der Waals surface area contributed by atoms with Gasteiger partial charge in [0.1, 0.15) is 11.6 Å². The van der Waals surface area contributed by atoms with E-state index in [4.69, 9.17) is 4.74 Å². The van der Waals surface area contributed by atoms with E-state index in [1.807, 2.05) is 13.8 Å². The van der Waals surface area contributed by atoms with Gasteiger partial charge < -0.3 is 10.1 Å². The highest BCUT2D eigenvalue weighted by Gasteiger charge is 2.30. The van der Waals surface area contributed by atoms with E-state index in [1.54, 1.807) is 14.2 Å². The molecule has 0 bridgehead atoms. The standard InChI is InChI=1S/C13H18BrF2NO/c1-7(2)13(18-4)12(17-3)10-9(15)6-5-8(14)11(10)16/h5-7,12-13,17H,1-4H3. The second-order valence-corrected chi connectivity index (χ2v) is 5.32. The van der Waals surface area contributed by atoms with Crippen molar-refractivity contribution < 1.29 is 13.5 Å². The maximum atomic E-state index is 14.1. The Hall–Kier alpha value is -0.520. The molecule has 1 aromatic rings. The number of halogens is 3. The van der Waals surface area contributed by atoms with Crippen LogP contribution in [0.3, 0.4) is 0 Å². The van der Waals surface area contributed by atoms with Gasteiger partial charge in [-0.2, -0.15) is 0 Å². The first-order chi connectivity index (χ1) is 8.43. The molecule has 18 heavy (non-hydrogen) atoms. The Balaban J connectivity index is 3.28. The van der Waals surface area contributed by atoms with Gasteiger partial charge in [0.25, 0.3) is 0 Å². The van der Waals surface area contributed by atoms with Gasteiger partial charge in [-0.05, 0) is 41.0 Å². The summed E-state index contributed by atoms with van der Waals surface area (Å²) in [5, 5.41) is 2.93. The normalized spacial score (nSPS) is 14.9. The van der Waals surface area contributed by atoms with Crippen molar-refractivity contribution in [2.45, 2.75) is 26.0 Å². The van der Waals surface area contributed by atoms with Crippen LogP contribution < -0.4 is 5.32 Å². The van der Waals surface area contributed by atoms with Gasteiger partial charge in [0, 0.05) is 12.7 Å². The molecule has 1 N–H and O–H groups in total. The number of hydrogen-bond acceptors (Lipinski definition) is 2. The third kappa shape index (κ3) is 3.08. The summed E-state index contributed by atoms with van der Waals surface area (Å²) in [5.74, 6) is -1.03.